The van der Waals surface area contributed by atoms with E-state index in [0.717, 1.165) is 46.9 Å². The van der Waals surface area contributed by atoms with E-state index in [4.69, 9.17) is 0 Å². The molecule has 2 fully saturated rings. The van der Waals surface area contributed by atoms with Gasteiger partial charge in [-0.1, -0.05) is 17.7 Å². The Morgan fingerprint density at radius 3 is 2.61 bits per heavy atom. The zero-order valence-corrected chi connectivity index (χ0v) is 13.5. The molecule has 1 unspecified atom stereocenters. The number of anilines is 1. The normalized spacial score (nSPS) is 21.7. The first-order valence-electron chi connectivity index (χ1n) is 7.97. The number of carbonyl (C=O) groups excluding carboxylic acids is 3. The average molecular weight is 315 g/mol. The number of imide groups is 2. The number of nitrogens with one attached hydrogen (secondary N) is 1. The number of hydrogen-bond donors (Lipinski definition) is 1. The quantitative estimate of drug-likeness (QED) is 0.677. The maximum absolute atomic E-state index is 12.6. The largest absolute Gasteiger partial charge is 0.338 e. The predicted molar refractivity (Wildman–Crippen MR) is 86.1 cm³/mol. The van der Waals surface area contributed by atoms with Crippen molar-refractivity contribution in [3.63, 3.8) is 0 Å². The first-order chi connectivity index (χ1) is 11.0. The van der Waals surface area contributed by atoms with Crippen LogP contribution in [0.4, 0.5) is 10.5 Å². The van der Waals surface area contributed by atoms with Crippen LogP contribution in [0.1, 0.15) is 24.0 Å². The number of benzene rings is 1. The van der Waals surface area contributed by atoms with Crippen molar-refractivity contribution in [1.82, 2.24) is 10.2 Å². The van der Waals surface area contributed by atoms with E-state index < -0.39 is 17.8 Å². The van der Waals surface area contributed by atoms with Crippen molar-refractivity contribution >= 4 is 23.5 Å². The third-order valence-corrected chi connectivity index (χ3v) is 4.57. The van der Waals surface area contributed by atoms with Gasteiger partial charge in [-0.3, -0.25) is 14.5 Å². The fraction of sp³-hybridized carbons (Fsp3) is 0.471. The molecule has 0 bridgehead atoms. The maximum Gasteiger partial charge on any atom is 0.338 e. The summed E-state index contributed by atoms with van der Waals surface area (Å²) >= 11 is 0. The summed E-state index contributed by atoms with van der Waals surface area (Å²) < 4.78 is 0. The van der Waals surface area contributed by atoms with Crippen LogP contribution in [-0.2, 0) is 9.59 Å². The second-order valence-electron chi connectivity index (χ2n) is 6.32. The molecule has 122 valence electrons. The van der Waals surface area contributed by atoms with E-state index in [1.807, 2.05) is 26.0 Å². The maximum atomic E-state index is 12.6. The summed E-state index contributed by atoms with van der Waals surface area (Å²) in [4.78, 5) is 39.1. The number of hydrogen-bond acceptors (Lipinski definition) is 4. The molecule has 2 saturated heterocycles. The van der Waals surface area contributed by atoms with Crippen LogP contribution in [0.25, 0.3) is 0 Å². The van der Waals surface area contributed by atoms with E-state index in [0.29, 0.717) is 18.2 Å². The molecule has 2 aliphatic heterocycles. The van der Waals surface area contributed by atoms with Crippen LogP contribution in [0.3, 0.4) is 0 Å². The average Bonchev–Trinajstić information content (AvgIpc) is 3.08. The van der Waals surface area contributed by atoms with Gasteiger partial charge in [0.25, 0.3) is 0 Å². The predicted octanol–water partition coefficient (Wildman–Crippen LogP) is 1.60. The van der Waals surface area contributed by atoms with Crippen molar-refractivity contribution in [3.05, 3.63) is 29.3 Å². The first-order valence-corrected chi connectivity index (χ1v) is 7.97. The van der Waals surface area contributed by atoms with Crippen LogP contribution in [-0.4, -0.2) is 42.4 Å². The van der Waals surface area contributed by atoms with E-state index in [-0.39, 0.29) is 0 Å². The van der Waals surface area contributed by atoms with Gasteiger partial charge in [-0.05, 0) is 57.3 Å². The van der Waals surface area contributed by atoms with E-state index in [9.17, 15) is 14.4 Å². The van der Waals surface area contributed by atoms with Crippen LogP contribution in [0, 0.1) is 19.8 Å². The number of rotatable bonds is 4. The third kappa shape index (κ3) is 2.86. The molecule has 0 radical (unpaired) electrons. The fourth-order valence-electron chi connectivity index (χ4n) is 3.24. The minimum atomic E-state index is -0.758. The molecule has 1 atom stereocenters. The first kappa shape index (κ1) is 15.7. The summed E-state index contributed by atoms with van der Waals surface area (Å²) in [5, 5.41) is 3.26. The van der Waals surface area contributed by atoms with Crippen molar-refractivity contribution in [2.24, 2.45) is 5.92 Å². The van der Waals surface area contributed by atoms with Crippen molar-refractivity contribution in [3.8, 4) is 0 Å². The Bertz CT molecular complexity index is 665. The number of urea groups is 1. The smallest absolute Gasteiger partial charge is 0.316 e. The molecule has 1 aromatic rings. The van der Waals surface area contributed by atoms with Crippen LogP contribution >= 0.6 is 0 Å². The van der Waals surface area contributed by atoms with Gasteiger partial charge < -0.3 is 5.32 Å². The second-order valence-corrected chi connectivity index (χ2v) is 6.32. The van der Waals surface area contributed by atoms with Gasteiger partial charge >= 0.3 is 17.8 Å². The third-order valence-electron chi connectivity index (χ3n) is 4.57. The molecule has 0 aromatic heterocycles. The monoisotopic (exact) mass is 315 g/mol. The van der Waals surface area contributed by atoms with E-state index in [1.54, 1.807) is 6.07 Å². The highest BCUT2D eigenvalue weighted by Gasteiger charge is 2.45. The molecule has 6 nitrogen and oxygen atoms in total. The summed E-state index contributed by atoms with van der Waals surface area (Å²) in [5.74, 6) is -1.02. The molecule has 1 N–H and O–H groups in total. The van der Waals surface area contributed by atoms with Crippen LogP contribution < -0.4 is 10.2 Å². The second kappa shape index (κ2) is 6.12. The lowest BCUT2D eigenvalue weighted by Gasteiger charge is -2.18. The van der Waals surface area contributed by atoms with E-state index in [1.165, 1.54) is 0 Å². The molecule has 0 saturated carbocycles. The fourth-order valence-corrected chi connectivity index (χ4v) is 3.24. The Labute approximate surface area is 135 Å². The van der Waals surface area contributed by atoms with Gasteiger partial charge in [0.05, 0.1) is 5.69 Å². The number of nitrogens with zero attached hydrogens (tertiary/aromatic N) is 2. The Kier molecular flexibility index (Phi) is 4.17. The van der Waals surface area contributed by atoms with Gasteiger partial charge in [-0.25, -0.2) is 9.69 Å². The van der Waals surface area contributed by atoms with Gasteiger partial charge in [0.2, 0.25) is 0 Å². The summed E-state index contributed by atoms with van der Waals surface area (Å²) in [6.07, 6.45) is 1.78. The minimum absolute atomic E-state index is 0.303. The lowest BCUT2D eigenvalue weighted by molar-refractivity contribution is -0.139. The standard InChI is InChI=1S/C17H21N3O3/c1-11-3-4-14(12(2)9-11)20-16(22)15(21)19(17(20)23)8-6-13-5-7-18-10-13/h3-4,9,13,18H,5-8,10H2,1-2H3. The highest BCUT2D eigenvalue weighted by molar-refractivity contribution is 6.52. The summed E-state index contributed by atoms with van der Waals surface area (Å²) in [5.41, 5.74) is 2.34. The summed E-state index contributed by atoms with van der Waals surface area (Å²) in [6.45, 7) is 5.96. The highest BCUT2D eigenvalue weighted by atomic mass is 16.2. The molecular weight excluding hydrogens is 294 g/mol. The molecule has 3 rings (SSSR count). The van der Waals surface area contributed by atoms with Gasteiger partial charge in [-0.15, -0.1) is 0 Å². The van der Waals surface area contributed by atoms with Crippen LogP contribution in [0.15, 0.2) is 18.2 Å². The molecular formula is C17H21N3O3. The Morgan fingerprint density at radius 2 is 1.96 bits per heavy atom. The van der Waals surface area contributed by atoms with Crippen molar-refractivity contribution < 1.29 is 14.4 Å². The summed E-state index contributed by atoms with van der Waals surface area (Å²) in [6, 6.07) is 4.92. The molecule has 0 spiro atoms. The zero-order valence-electron chi connectivity index (χ0n) is 13.5. The number of amides is 4. The molecule has 6 heteroatoms. The minimum Gasteiger partial charge on any atom is -0.316 e. The topological polar surface area (TPSA) is 69.7 Å². The SMILES string of the molecule is Cc1ccc(N2C(=O)C(=O)N(CCC3CCNC3)C2=O)c(C)c1. The number of aryl methyl sites for hydroxylation is 2. The van der Waals surface area contributed by atoms with Gasteiger partial charge in [-0.2, -0.15) is 0 Å². The lowest BCUT2D eigenvalue weighted by atomic mass is 10.1. The summed E-state index contributed by atoms with van der Waals surface area (Å²) in [7, 11) is 0. The Balaban J connectivity index is 1.78. The van der Waals surface area contributed by atoms with Gasteiger partial charge in [0.1, 0.15) is 0 Å². The van der Waals surface area contributed by atoms with E-state index in [2.05, 4.69) is 5.32 Å². The van der Waals surface area contributed by atoms with Gasteiger partial charge in [0.15, 0.2) is 0 Å². The van der Waals surface area contributed by atoms with Crippen molar-refractivity contribution in [2.45, 2.75) is 26.7 Å². The van der Waals surface area contributed by atoms with Crippen molar-refractivity contribution in [2.75, 3.05) is 24.5 Å². The number of carbonyl (C=O) groups is 3. The van der Waals surface area contributed by atoms with Gasteiger partial charge in [0, 0.05) is 6.54 Å². The molecule has 23 heavy (non-hydrogen) atoms. The Morgan fingerprint density at radius 1 is 1.17 bits per heavy atom. The molecule has 2 aliphatic rings. The molecule has 2 heterocycles. The lowest BCUT2D eigenvalue weighted by Crippen LogP contribution is -2.35. The van der Waals surface area contributed by atoms with Crippen molar-refractivity contribution in [1.29, 1.82) is 0 Å². The Hall–Kier alpha value is -2.21. The molecule has 4 amide bonds. The van der Waals surface area contributed by atoms with E-state index >= 15 is 0 Å². The zero-order chi connectivity index (χ0) is 16.6. The molecule has 0 aliphatic carbocycles. The van der Waals surface area contributed by atoms with Crippen LogP contribution in [0.5, 0.6) is 0 Å². The highest BCUT2D eigenvalue weighted by Crippen LogP contribution is 2.27. The van der Waals surface area contributed by atoms with Crippen LogP contribution in [0.2, 0.25) is 0 Å². The molecule has 1 aromatic carbocycles.